The zero-order valence-corrected chi connectivity index (χ0v) is 16.5. The number of benzene rings is 1. The normalized spacial score (nSPS) is 30.2. The van der Waals surface area contributed by atoms with Gasteiger partial charge in [0.25, 0.3) is 0 Å². The summed E-state index contributed by atoms with van der Waals surface area (Å²) < 4.78 is 12.9. The van der Waals surface area contributed by atoms with E-state index in [0.717, 1.165) is 42.6 Å². The van der Waals surface area contributed by atoms with Gasteiger partial charge in [-0.15, -0.1) is 0 Å². The highest BCUT2D eigenvalue weighted by molar-refractivity contribution is 5.83. The Hall–Kier alpha value is -1.91. The summed E-state index contributed by atoms with van der Waals surface area (Å²) in [7, 11) is 0. The molecule has 5 rings (SSSR count). The molecule has 0 unspecified atom stereocenters. The number of carbonyl (C=O) groups excluding carboxylic acids is 2. The van der Waals surface area contributed by atoms with Crippen LogP contribution in [0.1, 0.15) is 56.9 Å². The van der Waals surface area contributed by atoms with Crippen LogP contribution in [0.25, 0.3) is 0 Å². The molecule has 0 spiro atoms. The maximum absolute atomic E-state index is 12.9. The number of hydrogen-bond donors (Lipinski definition) is 2. The summed E-state index contributed by atoms with van der Waals surface area (Å²) >= 11 is 0. The van der Waals surface area contributed by atoms with Crippen molar-refractivity contribution in [1.82, 2.24) is 10.6 Å². The molecule has 4 nitrogen and oxygen atoms in total. The van der Waals surface area contributed by atoms with Gasteiger partial charge in [-0.1, -0.05) is 12.1 Å². The molecular formula is C23H31FN2O2. The predicted molar refractivity (Wildman–Crippen MR) is 106 cm³/mol. The number of nitrogens with one attached hydrogen (secondary N) is 2. The van der Waals surface area contributed by atoms with E-state index in [0.29, 0.717) is 32.4 Å². The Morgan fingerprint density at radius 1 is 0.929 bits per heavy atom. The molecular weight excluding hydrogens is 355 g/mol. The minimum Gasteiger partial charge on any atom is -0.356 e. The Kier molecular flexibility index (Phi) is 5.70. The van der Waals surface area contributed by atoms with Gasteiger partial charge >= 0.3 is 0 Å². The molecule has 0 radical (unpaired) electrons. The molecule has 0 atom stereocenters. The van der Waals surface area contributed by atoms with E-state index in [-0.39, 0.29) is 23.0 Å². The molecule has 0 saturated heterocycles. The van der Waals surface area contributed by atoms with Crippen molar-refractivity contribution in [2.45, 2.75) is 57.8 Å². The average molecular weight is 387 g/mol. The molecule has 4 bridgehead atoms. The highest BCUT2D eigenvalue weighted by atomic mass is 19.1. The Labute approximate surface area is 166 Å². The summed E-state index contributed by atoms with van der Waals surface area (Å²) in [6, 6.07) is 6.34. The van der Waals surface area contributed by atoms with Crippen LogP contribution < -0.4 is 10.6 Å². The molecule has 4 fully saturated rings. The van der Waals surface area contributed by atoms with Crippen LogP contribution in [0.15, 0.2) is 24.3 Å². The lowest BCUT2D eigenvalue weighted by molar-refractivity contribution is -0.146. The fraction of sp³-hybridized carbons (Fsp3) is 0.652. The van der Waals surface area contributed by atoms with E-state index >= 15 is 0 Å². The summed E-state index contributed by atoms with van der Waals surface area (Å²) in [5.41, 5.74) is 0.899. The van der Waals surface area contributed by atoms with Gasteiger partial charge in [0, 0.05) is 24.9 Å². The van der Waals surface area contributed by atoms with Crippen LogP contribution >= 0.6 is 0 Å². The lowest BCUT2D eigenvalue weighted by Gasteiger charge is -2.55. The van der Waals surface area contributed by atoms with Gasteiger partial charge in [0.1, 0.15) is 5.82 Å². The second-order valence-corrected chi connectivity index (χ2v) is 9.28. The first-order valence-corrected chi connectivity index (χ1v) is 10.8. The first-order chi connectivity index (χ1) is 13.5. The molecule has 2 N–H and O–H groups in total. The van der Waals surface area contributed by atoms with Crippen molar-refractivity contribution in [1.29, 1.82) is 0 Å². The first-order valence-electron chi connectivity index (χ1n) is 10.8. The molecule has 4 aliphatic carbocycles. The van der Waals surface area contributed by atoms with Gasteiger partial charge < -0.3 is 10.6 Å². The second kappa shape index (κ2) is 8.22. The van der Waals surface area contributed by atoms with Gasteiger partial charge in [-0.2, -0.15) is 0 Å². The van der Waals surface area contributed by atoms with Gasteiger partial charge in [0.05, 0.1) is 0 Å². The highest BCUT2D eigenvalue weighted by Crippen LogP contribution is 2.60. The molecule has 0 aromatic heterocycles. The summed E-state index contributed by atoms with van der Waals surface area (Å²) in [6.07, 6.45) is 9.03. The molecule has 1 aromatic rings. The Morgan fingerprint density at radius 3 is 2.14 bits per heavy atom. The maximum Gasteiger partial charge on any atom is 0.226 e. The molecule has 0 aliphatic heterocycles. The second-order valence-electron chi connectivity index (χ2n) is 9.28. The van der Waals surface area contributed by atoms with E-state index in [2.05, 4.69) is 10.6 Å². The van der Waals surface area contributed by atoms with Crippen LogP contribution in [0.4, 0.5) is 4.39 Å². The zero-order chi connectivity index (χ0) is 19.6. The Balaban J connectivity index is 1.12. The van der Waals surface area contributed by atoms with Crippen molar-refractivity contribution < 1.29 is 14.0 Å². The SMILES string of the molecule is O=C(CCCNC(=O)C12CC3CC(CC(C3)C1)C2)NCCc1ccc(F)cc1. The molecule has 5 heteroatoms. The van der Waals surface area contributed by atoms with E-state index in [9.17, 15) is 14.0 Å². The van der Waals surface area contributed by atoms with Crippen molar-refractivity contribution in [2.75, 3.05) is 13.1 Å². The number of hydrogen-bond acceptors (Lipinski definition) is 2. The molecule has 2 amide bonds. The van der Waals surface area contributed by atoms with Crippen LogP contribution in [0.2, 0.25) is 0 Å². The van der Waals surface area contributed by atoms with Crippen LogP contribution in [0, 0.1) is 29.0 Å². The summed E-state index contributed by atoms with van der Waals surface area (Å²) in [4.78, 5) is 24.8. The topological polar surface area (TPSA) is 58.2 Å². The van der Waals surface area contributed by atoms with E-state index in [1.165, 1.54) is 31.4 Å². The maximum atomic E-state index is 12.9. The molecule has 4 saturated carbocycles. The van der Waals surface area contributed by atoms with Crippen LogP contribution in [-0.4, -0.2) is 24.9 Å². The van der Waals surface area contributed by atoms with E-state index in [4.69, 9.17) is 0 Å². The molecule has 0 heterocycles. The molecule has 4 aliphatic rings. The molecule has 28 heavy (non-hydrogen) atoms. The van der Waals surface area contributed by atoms with Crippen LogP contribution in [0.3, 0.4) is 0 Å². The number of amides is 2. The van der Waals surface area contributed by atoms with Gasteiger partial charge in [-0.25, -0.2) is 4.39 Å². The van der Waals surface area contributed by atoms with Crippen molar-refractivity contribution in [2.24, 2.45) is 23.2 Å². The average Bonchev–Trinajstić information content (AvgIpc) is 2.65. The number of halogens is 1. The smallest absolute Gasteiger partial charge is 0.226 e. The van der Waals surface area contributed by atoms with Crippen LogP contribution in [0.5, 0.6) is 0 Å². The Bertz CT molecular complexity index is 681. The zero-order valence-electron chi connectivity index (χ0n) is 16.5. The predicted octanol–water partition coefficient (Wildman–Crippen LogP) is 3.60. The Morgan fingerprint density at radius 2 is 1.54 bits per heavy atom. The quantitative estimate of drug-likeness (QED) is 0.671. The van der Waals surface area contributed by atoms with E-state index < -0.39 is 0 Å². The largest absolute Gasteiger partial charge is 0.356 e. The molecule has 152 valence electrons. The van der Waals surface area contributed by atoms with Crippen molar-refractivity contribution >= 4 is 11.8 Å². The van der Waals surface area contributed by atoms with Crippen LogP contribution in [-0.2, 0) is 16.0 Å². The third-order valence-corrected chi connectivity index (χ3v) is 7.04. The lowest BCUT2D eigenvalue weighted by Crippen LogP contribution is -2.53. The fourth-order valence-corrected chi connectivity index (χ4v) is 6.11. The fourth-order valence-electron chi connectivity index (χ4n) is 6.11. The van der Waals surface area contributed by atoms with Gasteiger partial charge in [-0.3, -0.25) is 9.59 Å². The summed E-state index contributed by atoms with van der Waals surface area (Å²) in [5.74, 6) is 2.30. The highest BCUT2D eigenvalue weighted by Gasteiger charge is 2.54. The summed E-state index contributed by atoms with van der Waals surface area (Å²) in [5, 5.41) is 6.02. The van der Waals surface area contributed by atoms with E-state index in [1.54, 1.807) is 12.1 Å². The van der Waals surface area contributed by atoms with Crippen molar-refractivity contribution in [3.63, 3.8) is 0 Å². The number of carbonyl (C=O) groups is 2. The van der Waals surface area contributed by atoms with Gasteiger partial charge in [-0.05, 0) is 86.8 Å². The molecule has 1 aromatic carbocycles. The van der Waals surface area contributed by atoms with Gasteiger partial charge in [0.2, 0.25) is 11.8 Å². The van der Waals surface area contributed by atoms with E-state index in [1.807, 2.05) is 0 Å². The lowest BCUT2D eigenvalue weighted by atomic mass is 9.49. The van der Waals surface area contributed by atoms with Crippen molar-refractivity contribution in [3.8, 4) is 0 Å². The minimum atomic E-state index is -0.247. The van der Waals surface area contributed by atoms with Gasteiger partial charge in [0.15, 0.2) is 0 Å². The van der Waals surface area contributed by atoms with Crippen molar-refractivity contribution in [3.05, 3.63) is 35.6 Å². The third kappa shape index (κ3) is 4.39. The number of rotatable bonds is 8. The third-order valence-electron chi connectivity index (χ3n) is 7.04. The standard InChI is InChI=1S/C23H31FN2O2/c24-20-5-3-16(4-6-20)7-9-25-21(27)2-1-8-26-22(28)23-13-17-10-18(14-23)12-19(11-17)15-23/h3-6,17-19H,1-2,7-15H2,(H,25,27)(H,26,28). The monoisotopic (exact) mass is 386 g/mol. The minimum absolute atomic E-state index is 0.00571. The summed E-state index contributed by atoms with van der Waals surface area (Å²) in [6.45, 7) is 1.12. The first kappa shape index (κ1) is 19.4.